The van der Waals surface area contributed by atoms with Crippen molar-refractivity contribution in [2.24, 2.45) is 5.92 Å². The highest BCUT2D eigenvalue weighted by molar-refractivity contribution is 5.77. The van der Waals surface area contributed by atoms with Gasteiger partial charge in [0.25, 0.3) is 11.5 Å². The smallest absolute Gasteiger partial charge is 0.272 e. The number of alkyl halides is 2. The lowest BCUT2D eigenvalue weighted by Gasteiger charge is -2.30. The molecule has 4 heterocycles. The van der Waals surface area contributed by atoms with E-state index in [1.54, 1.807) is 23.4 Å². The van der Waals surface area contributed by atoms with Gasteiger partial charge in [-0.2, -0.15) is 0 Å². The number of hydrogen-bond donors (Lipinski definition) is 1. The van der Waals surface area contributed by atoms with Crippen LogP contribution in [-0.2, 0) is 0 Å². The standard InChI is InChI=1S/C27H33F2N5O/c1-6-18(2)19(3)15-33-16-21(13-23(20(33)4)27(5,28)29)24-14-26(35)34-17-22(7-8-25(34)31-24)32-11-9-30-10-12-32/h7-8,13-18,30H,4,6,9-12H2,1-3,5H3/b19-15-. The maximum Gasteiger partial charge on any atom is 0.272 e. The lowest BCUT2D eigenvalue weighted by atomic mass is 9.96. The van der Waals surface area contributed by atoms with Gasteiger partial charge in [0.2, 0.25) is 0 Å². The molecule has 0 radical (unpaired) electrons. The third-order valence-electron chi connectivity index (χ3n) is 6.83. The van der Waals surface area contributed by atoms with Crippen LogP contribution in [0.4, 0.5) is 14.5 Å². The Morgan fingerprint density at radius 3 is 2.69 bits per heavy atom. The summed E-state index contributed by atoms with van der Waals surface area (Å²) in [5.41, 5.74) is 3.01. The van der Waals surface area contributed by atoms with Crippen LogP contribution in [0.5, 0.6) is 0 Å². The molecule has 1 saturated heterocycles. The maximum absolute atomic E-state index is 14.5. The molecular formula is C27H33F2N5O. The van der Waals surface area contributed by atoms with E-state index in [0.29, 0.717) is 22.8 Å². The molecule has 0 spiro atoms. The average molecular weight is 482 g/mol. The molecule has 2 aromatic rings. The van der Waals surface area contributed by atoms with Crippen LogP contribution in [0.3, 0.4) is 0 Å². The summed E-state index contributed by atoms with van der Waals surface area (Å²) in [5, 5.41) is 3.32. The van der Waals surface area contributed by atoms with Crippen molar-refractivity contribution < 1.29 is 8.78 Å². The van der Waals surface area contributed by atoms with Crippen molar-refractivity contribution in [1.82, 2.24) is 19.6 Å². The molecule has 6 nitrogen and oxygen atoms in total. The number of rotatable bonds is 6. The number of pyridine rings is 1. The molecule has 0 bridgehead atoms. The van der Waals surface area contributed by atoms with Crippen LogP contribution in [-0.4, -0.2) is 46.4 Å². The van der Waals surface area contributed by atoms with E-state index in [9.17, 15) is 13.6 Å². The molecule has 2 aliphatic rings. The second kappa shape index (κ2) is 9.77. The van der Waals surface area contributed by atoms with Crippen LogP contribution < -0.4 is 15.8 Å². The minimum Gasteiger partial charge on any atom is -0.368 e. The minimum atomic E-state index is -3.10. The molecule has 0 saturated carbocycles. The van der Waals surface area contributed by atoms with E-state index >= 15 is 0 Å². The second-order valence-electron chi connectivity index (χ2n) is 9.40. The van der Waals surface area contributed by atoms with Crippen LogP contribution in [0.15, 0.2) is 71.1 Å². The number of halogens is 2. The molecule has 0 aliphatic carbocycles. The SMILES string of the molecule is C=C1C(C(C)(F)F)=CC(c2cc(=O)n3cc(N4CCNCC4)ccc3n2)=CN1/C=C(/C)C(C)CC. The Morgan fingerprint density at radius 1 is 1.31 bits per heavy atom. The third-order valence-corrected chi connectivity index (χ3v) is 6.83. The summed E-state index contributed by atoms with van der Waals surface area (Å²) in [6, 6.07) is 5.15. The van der Waals surface area contributed by atoms with Gasteiger partial charge in [0.1, 0.15) is 5.65 Å². The van der Waals surface area contributed by atoms with Crippen LogP contribution in [0.1, 0.15) is 39.8 Å². The third kappa shape index (κ3) is 5.22. The first-order valence-corrected chi connectivity index (χ1v) is 12.1. The normalized spacial score (nSPS) is 18.6. The summed E-state index contributed by atoms with van der Waals surface area (Å²) < 4.78 is 30.6. The Labute approximate surface area is 205 Å². The molecule has 0 amide bonds. The van der Waals surface area contributed by atoms with Crippen LogP contribution >= 0.6 is 0 Å². The number of nitrogens with zero attached hydrogens (tertiary/aromatic N) is 4. The quantitative estimate of drug-likeness (QED) is 0.642. The summed E-state index contributed by atoms with van der Waals surface area (Å²) in [4.78, 5) is 21.6. The van der Waals surface area contributed by atoms with Gasteiger partial charge < -0.3 is 15.1 Å². The van der Waals surface area contributed by atoms with Gasteiger partial charge in [-0.1, -0.05) is 26.0 Å². The van der Waals surface area contributed by atoms with Gasteiger partial charge in [0.05, 0.1) is 11.4 Å². The first-order chi connectivity index (χ1) is 16.6. The Morgan fingerprint density at radius 2 is 2.03 bits per heavy atom. The topological polar surface area (TPSA) is 52.9 Å². The van der Waals surface area contributed by atoms with Crippen molar-refractivity contribution in [2.45, 2.75) is 40.0 Å². The zero-order chi connectivity index (χ0) is 25.3. The van der Waals surface area contributed by atoms with Crippen molar-refractivity contribution in [3.8, 4) is 0 Å². The molecule has 1 unspecified atom stereocenters. The Kier molecular flexibility index (Phi) is 6.94. The summed E-state index contributed by atoms with van der Waals surface area (Å²) in [6.45, 7) is 14.4. The molecular weight excluding hydrogens is 448 g/mol. The fraction of sp³-hybridized carbons (Fsp3) is 0.407. The minimum absolute atomic E-state index is 0.195. The zero-order valence-corrected chi connectivity index (χ0v) is 20.8. The van der Waals surface area contributed by atoms with Gasteiger partial charge in [-0.05, 0) is 37.5 Å². The first kappa shape index (κ1) is 24.9. The number of hydrogen-bond acceptors (Lipinski definition) is 5. The number of allylic oxidation sites excluding steroid dienone is 4. The molecule has 8 heteroatoms. The Bertz CT molecular complexity index is 1280. The maximum atomic E-state index is 14.5. The van der Waals surface area contributed by atoms with Crippen molar-refractivity contribution >= 4 is 16.9 Å². The Hall–Kier alpha value is -3.26. The van der Waals surface area contributed by atoms with Crippen LogP contribution in [0, 0.1) is 5.92 Å². The molecule has 2 aliphatic heterocycles. The first-order valence-electron chi connectivity index (χ1n) is 12.1. The number of anilines is 1. The van der Waals surface area contributed by atoms with Gasteiger partial charge in [-0.15, -0.1) is 0 Å². The number of aromatic nitrogens is 2. The van der Waals surface area contributed by atoms with Gasteiger partial charge in [-0.25, -0.2) is 13.8 Å². The lowest BCUT2D eigenvalue weighted by Crippen LogP contribution is -2.43. The van der Waals surface area contributed by atoms with Crippen molar-refractivity contribution in [2.75, 3.05) is 31.1 Å². The fourth-order valence-electron chi connectivity index (χ4n) is 4.30. The van der Waals surface area contributed by atoms with Crippen LogP contribution in [0.25, 0.3) is 11.2 Å². The monoisotopic (exact) mass is 481 g/mol. The number of nitrogens with one attached hydrogen (secondary N) is 1. The fourth-order valence-corrected chi connectivity index (χ4v) is 4.30. The van der Waals surface area contributed by atoms with E-state index in [2.05, 4.69) is 35.6 Å². The molecule has 35 heavy (non-hydrogen) atoms. The van der Waals surface area contributed by atoms with E-state index in [0.717, 1.165) is 50.8 Å². The molecule has 4 rings (SSSR count). The second-order valence-corrected chi connectivity index (χ2v) is 9.40. The van der Waals surface area contributed by atoms with E-state index in [1.165, 1.54) is 16.5 Å². The molecule has 1 N–H and O–H groups in total. The molecule has 186 valence electrons. The highest BCUT2D eigenvalue weighted by Crippen LogP contribution is 2.37. The molecule has 1 fully saturated rings. The highest BCUT2D eigenvalue weighted by Gasteiger charge is 2.34. The average Bonchev–Trinajstić information content (AvgIpc) is 2.84. The van der Waals surface area contributed by atoms with Gasteiger partial charge in [-0.3, -0.25) is 9.20 Å². The summed E-state index contributed by atoms with van der Waals surface area (Å²) in [7, 11) is 0. The van der Waals surface area contributed by atoms with E-state index in [1.807, 2.05) is 19.2 Å². The Balaban J connectivity index is 1.78. The van der Waals surface area contributed by atoms with E-state index in [-0.39, 0.29) is 16.8 Å². The molecule has 1 atom stereocenters. The number of piperazine rings is 1. The van der Waals surface area contributed by atoms with E-state index in [4.69, 9.17) is 0 Å². The largest absolute Gasteiger partial charge is 0.368 e. The highest BCUT2D eigenvalue weighted by atomic mass is 19.3. The van der Waals surface area contributed by atoms with Gasteiger partial charge in [0, 0.05) is 74.6 Å². The predicted octanol–water partition coefficient (Wildman–Crippen LogP) is 4.81. The van der Waals surface area contributed by atoms with Crippen LogP contribution in [0.2, 0.25) is 0 Å². The molecule has 2 aromatic heterocycles. The van der Waals surface area contributed by atoms with E-state index < -0.39 is 5.92 Å². The van der Waals surface area contributed by atoms with Crippen molar-refractivity contribution in [3.63, 3.8) is 0 Å². The molecule has 0 aromatic carbocycles. The van der Waals surface area contributed by atoms with Gasteiger partial charge >= 0.3 is 0 Å². The predicted molar refractivity (Wildman–Crippen MR) is 137 cm³/mol. The lowest BCUT2D eigenvalue weighted by molar-refractivity contribution is 0.0634. The number of fused-ring (bicyclic) bond motifs is 1. The summed E-state index contributed by atoms with van der Waals surface area (Å²) in [5.74, 6) is -2.80. The van der Waals surface area contributed by atoms with Crippen molar-refractivity contribution in [3.05, 3.63) is 82.3 Å². The zero-order valence-electron chi connectivity index (χ0n) is 20.8. The summed E-state index contributed by atoms with van der Waals surface area (Å²) in [6.07, 6.45) is 7.67. The summed E-state index contributed by atoms with van der Waals surface area (Å²) >= 11 is 0. The van der Waals surface area contributed by atoms with Gasteiger partial charge in [0.15, 0.2) is 0 Å². The van der Waals surface area contributed by atoms with Crippen molar-refractivity contribution in [1.29, 1.82) is 0 Å².